The number of fused-ring (bicyclic) bond motifs is 1. The van der Waals surface area contributed by atoms with E-state index in [1.54, 1.807) is 0 Å². The van der Waals surface area contributed by atoms with E-state index in [0.29, 0.717) is 6.42 Å². The van der Waals surface area contributed by atoms with Gasteiger partial charge in [0.1, 0.15) is 5.65 Å². The number of hydrogen-bond donors (Lipinski definition) is 0. The van der Waals surface area contributed by atoms with Crippen molar-refractivity contribution in [3.63, 3.8) is 0 Å². The lowest BCUT2D eigenvalue weighted by Crippen LogP contribution is -1.84. The maximum absolute atomic E-state index is 8.51. The largest absolute Gasteiger partial charge is 0.307 e. The average Bonchev–Trinajstić information content (AvgIpc) is 2.49. The summed E-state index contributed by atoms with van der Waals surface area (Å²) in [6, 6.07) is 6.07. The molecule has 0 spiro atoms. The van der Waals surface area contributed by atoms with E-state index in [2.05, 4.69) is 11.1 Å². The van der Waals surface area contributed by atoms with Gasteiger partial charge in [-0.1, -0.05) is 6.07 Å². The molecule has 3 heteroatoms. The fourth-order valence-electron chi connectivity index (χ4n) is 1.37. The molecule has 13 heavy (non-hydrogen) atoms. The number of rotatable bonds is 1. The molecule has 0 radical (unpaired) electrons. The molecule has 64 valence electrons. The molecular formula is C10H9N3. The number of hydrogen-bond acceptors (Lipinski definition) is 2. The summed E-state index contributed by atoms with van der Waals surface area (Å²) in [5.41, 5.74) is 2.90. The Hall–Kier alpha value is -1.82. The van der Waals surface area contributed by atoms with Crippen LogP contribution in [0.25, 0.3) is 5.65 Å². The summed E-state index contributed by atoms with van der Waals surface area (Å²) >= 11 is 0. The van der Waals surface area contributed by atoms with E-state index >= 15 is 0 Å². The lowest BCUT2D eigenvalue weighted by molar-refractivity contribution is 1.15. The van der Waals surface area contributed by atoms with Crippen molar-refractivity contribution in [2.45, 2.75) is 13.3 Å². The van der Waals surface area contributed by atoms with Crippen LogP contribution in [0.15, 0.2) is 24.5 Å². The number of imidazole rings is 1. The van der Waals surface area contributed by atoms with Crippen LogP contribution in [0.1, 0.15) is 11.3 Å². The molecule has 2 aromatic heterocycles. The maximum Gasteiger partial charge on any atom is 0.139 e. The Morgan fingerprint density at radius 3 is 3.15 bits per heavy atom. The summed E-state index contributed by atoms with van der Waals surface area (Å²) in [6.07, 6.45) is 4.21. The van der Waals surface area contributed by atoms with E-state index in [0.717, 1.165) is 16.9 Å². The van der Waals surface area contributed by atoms with Gasteiger partial charge < -0.3 is 4.40 Å². The Labute approximate surface area is 76.3 Å². The van der Waals surface area contributed by atoms with Gasteiger partial charge in [0.2, 0.25) is 0 Å². The summed E-state index contributed by atoms with van der Waals surface area (Å²) < 4.78 is 1.95. The average molecular weight is 171 g/mol. The SMILES string of the molecule is Cc1cccn2cc(CC#N)nc12. The first-order chi connectivity index (χ1) is 6.31. The van der Waals surface area contributed by atoms with Crippen LogP contribution >= 0.6 is 0 Å². The van der Waals surface area contributed by atoms with Gasteiger partial charge in [0.15, 0.2) is 0 Å². The smallest absolute Gasteiger partial charge is 0.139 e. The van der Waals surface area contributed by atoms with Crippen LogP contribution in [0.3, 0.4) is 0 Å². The zero-order valence-corrected chi connectivity index (χ0v) is 7.36. The molecular weight excluding hydrogens is 162 g/mol. The van der Waals surface area contributed by atoms with Crippen LogP contribution in [0.2, 0.25) is 0 Å². The highest BCUT2D eigenvalue weighted by Gasteiger charge is 2.01. The normalized spacial score (nSPS) is 10.2. The van der Waals surface area contributed by atoms with Crippen LogP contribution in [-0.2, 0) is 6.42 Å². The zero-order valence-electron chi connectivity index (χ0n) is 7.36. The van der Waals surface area contributed by atoms with Gasteiger partial charge in [-0.2, -0.15) is 5.26 Å². The first-order valence-corrected chi connectivity index (χ1v) is 4.11. The van der Waals surface area contributed by atoms with Crippen LogP contribution < -0.4 is 0 Å². The van der Waals surface area contributed by atoms with Crippen molar-refractivity contribution in [1.29, 1.82) is 5.26 Å². The topological polar surface area (TPSA) is 41.1 Å². The fourth-order valence-corrected chi connectivity index (χ4v) is 1.37. The molecule has 0 aromatic carbocycles. The Morgan fingerprint density at radius 1 is 1.62 bits per heavy atom. The van der Waals surface area contributed by atoms with Gasteiger partial charge in [0.25, 0.3) is 0 Å². The maximum atomic E-state index is 8.51. The van der Waals surface area contributed by atoms with Crippen molar-refractivity contribution in [3.8, 4) is 6.07 Å². The highest BCUT2D eigenvalue weighted by molar-refractivity contribution is 5.48. The van der Waals surface area contributed by atoms with Crippen LogP contribution in [0.4, 0.5) is 0 Å². The highest BCUT2D eigenvalue weighted by Crippen LogP contribution is 2.09. The van der Waals surface area contributed by atoms with Gasteiger partial charge >= 0.3 is 0 Å². The number of nitriles is 1. The van der Waals surface area contributed by atoms with Crippen molar-refractivity contribution in [1.82, 2.24) is 9.38 Å². The molecule has 0 saturated heterocycles. The summed E-state index contributed by atoms with van der Waals surface area (Å²) in [5, 5.41) is 8.51. The number of nitrogens with zero attached hydrogens (tertiary/aromatic N) is 3. The third kappa shape index (κ3) is 1.27. The van der Waals surface area contributed by atoms with Gasteiger partial charge in [-0.3, -0.25) is 0 Å². The fraction of sp³-hybridized carbons (Fsp3) is 0.200. The van der Waals surface area contributed by atoms with Crippen LogP contribution in [-0.4, -0.2) is 9.38 Å². The molecule has 0 amide bonds. The van der Waals surface area contributed by atoms with Gasteiger partial charge in [-0.15, -0.1) is 0 Å². The van der Waals surface area contributed by atoms with E-state index in [4.69, 9.17) is 5.26 Å². The molecule has 0 N–H and O–H groups in total. The van der Waals surface area contributed by atoms with Gasteiger partial charge in [0, 0.05) is 12.4 Å². The molecule has 3 nitrogen and oxygen atoms in total. The molecule has 2 rings (SSSR count). The van der Waals surface area contributed by atoms with Crippen molar-refractivity contribution in [2.75, 3.05) is 0 Å². The minimum absolute atomic E-state index is 0.376. The standard InChI is InChI=1S/C10H9N3/c1-8-3-2-6-13-7-9(4-5-11)12-10(8)13/h2-3,6-7H,4H2,1H3. The van der Waals surface area contributed by atoms with E-state index in [-0.39, 0.29) is 0 Å². The van der Waals surface area contributed by atoms with Crippen molar-refractivity contribution in [3.05, 3.63) is 35.8 Å². The minimum Gasteiger partial charge on any atom is -0.307 e. The predicted octanol–water partition coefficient (Wildman–Crippen LogP) is 1.71. The molecule has 0 aliphatic carbocycles. The highest BCUT2D eigenvalue weighted by atomic mass is 15.0. The third-order valence-electron chi connectivity index (χ3n) is 1.99. The quantitative estimate of drug-likeness (QED) is 0.655. The molecule has 0 unspecified atom stereocenters. The monoisotopic (exact) mass is 171 g/mol. The van der Waals surface area contributed by atoms with Gasteiger partial charge in [-0.25, -0.2) is 4.98 Å². The number of aromatic nitrogens is 2. The molecule has 2 heterocycles. The Balaban J connectivity index is 2.63. The third-order valence-corrected chi connectivity index (χ3v) is 1.99. The molecule has 0 fully saturated rings. The molecule has 0 saturated carbocycles. The first-order valence-electron chi connectivity index (χ1n) is 4.11. The molecule has 0 bridgehead atoms. The zero-order chi connectivity index (χ0) is 9.26. The van der Waals surface area contributed by atoms with Crippen molar-refractivity contribution < 1.29 is 0 Å². The van der Waals surface area contributed by atoms with E-state index in [1.807, 2.05) is 35.9 Å². The summed E-state index contributed by atoms with van der Waals surface area (Å²) in [7, 11) is 0. The molecule has 0 aliphatic rings. The van der Waals surface area contributed by atoms with E-state index in [1.165, 1.54) is 0 Å². The second-order valence-electron chi connectivity index (χ2n) is 2.99. The van der Waals surface area contributed by atoms with Crippen molar-refractivity contribution >= 4 is 5.65 Å². The Morgan fingerprint density at radius 2 is 2.46 bits per heavy atom. The summed E-state index contributed by atoms with van der Waals surface area (Å²) in [4.78, 5) is 4.34. The van der Waals surface area contributed by atoms with Crippen LogP contribution in [0.5, 0.6) is 0 Å². The van der Waals surface area contributed by atoms with Gasteiger partial charge in [-0.05, 0) is 18.6 Å². The second kappa shape index (κ2) is 2.91. The second-order valence-corrected chi connectivity index (χ2v) is 2.99. The van der Waals surface area contributed by atoms with Crippen molar-refractivity contribution in [2.24, 2.45) is 0 Å². The van der Waals surface area contributed by atoms with E-state index < -0.39 is 0 Å². The molecule has 2 aromatic rings. The lowest BCUT2D eigenvalue weighted by Gasteiger charge is -1.93. The molecule has 0 aliphatic heterocycles. The lowest BCUT2D eigenvalue weighted by atomic mass is 10.3. The Kier molecular flexibility index (Phi) is 1.75. The minimum atomic E-state index is 0.376. The predicted molar refractivity (Wildman–Crippen MR) is 49.2 cm³/mol. The van der Waals surface area contributed by atoms with Gasteiger partial charge in [0.05, 0.1) is 18.2 Å². The van der Waals surface area contributed by atoms with E-state index in [9.17, 15) is 0 Å². The number of pyridine rings is 1. The first kappa shape index (κ1) is 7.81. The number of aryl methyl sites for hydroxylation is 1. The van der Waals surface area contributed by atoms with Crippen LogP contribution in [0, 0.1) is 18.3 Å². The Bertz CT molecular complexity index is 476. The summed E-state index contributed by atoms with van der Waals surface area (Å²) in [6.45, 7) is 2.01. The summed E-state index contributed by atoms with van der Waals surface area (Å²) in [5.74, 6) is 0. The molecule has 0 atom stereocenters.